The number of rotatable bonds is 3. The fourth-order valence-electron chi connectivity index (χ4n) is 1.10. The molecule has 0 bridgehead atoms. The van der Waals surface area contributed by atoms with Crippen LogP contribution in [0.2, 0.25) is 5.02 Å². The molecule has 0 radical (unpaired) electrons. The van der Waals surface area contributed by atoms with E-state index in [-0.39, 0.29) is 17.8 Å². The lowest BCUT2D eigenvalue weighted by Gasteiger charge is -2.16. The molecule has 1 aromatic heterocycles. The average Bonchev–Trinajstić information content (AvgIpc) is 2.17. The van der Waals surface area contributed by atoms with Crippen LogP contribution in [0.25, 0.3) is 0 Å². The number of nitriles is 1. The van der Waals surface area contributed by atoms with Gasteiger partial charge in [-0.05, 0) is 6.07 Å². The molecule has 0 fully saturated rings. The zero-order valence-electron chi connectivity index (χ0n) is 7.76. The van der Waals surface area contributed by atoms with Gasteiger partial charge in [0.2, 0.25) is 0 Å². The van der Waals surface area contributed by atoms with E-state index in [4.69, 9.17) is 22.6 Å². The number of nitrogen functional groups attached to an aromatic ring is 1. The minimum absolute atomic E-state index is 0.127. The number of hydrogen-bond acceptors (Lipinski definition) is 5. The smallest absolute Gasteiger partial charge is 0.125 e. The summed E-state index contributed by atoms with van der Waals surface area (Å²) in [6, 6.07) is 3.17. The van der Waals surface area contributed by atoms with Crippen molar-refractivity contribution in [3.05, 3.63) is 23.0 Å². The molecule has 0 saturated heterocycles. The highest BCUT2D eigenvalue weighted by Crippen LogP contribution is 2.24. The minimum Gasteiger partial charge on any atom is -0.397 e. The number of aliphatic hydroxyl groups excluding tert-OH is 2. The first-order chi connectivity index (χ1) is 7.06. The Balaban J connectivity index is 2.91. The van der Waals surface area contributed by atoms with Crippen LogP contribution in [0, 0.1) is 11.3 Å². The molecule has 80 valence electrons. The van der Waals surface area contributed by atoms with Gasteiger partial charge in [0, 0.05) is 6.20 Å². The molecule has 6 heteroatoms. The van der Waals surface area contributed by atoms with E-state index in [2.05, 4.69) is 4.98 Å². The van der Waals surface area contributed by atoms with Crippen molar-refractivity contribution in [1.82, 2.24) is 4.98 Å². The van der Waals surface area contributed by atoms with Crippen LogP contribution >= 0.6 is 11.6 Å². The zero-order valence-corrected chi connectivity index (χ0v) is 8.52. The largest absolute Gasteiger partial charge is 0.397 e. The molecule has 1 heterocycles. The van der Waals surface area contributed by atoms with E-state index < -0.39 is 12.2 Å². The van der Waals surface area contributed by atoms with Gasteiger partial charge in [-0.25, -0.2) is 0 Å². The molecule has 4 N–H and O–H groups in total. The molecule has 0 aliphatic rings. The molecular formula is C9H10ClN3O2. The zero-order chi connectivity index (χ0) is 11.4. The summed E-state index contributed by atoms with van der Waals surface area (Å²) in [5.74, 6) is 0. The first-order valence-corrected chi connectivity index (χ1v) is 4.58. The Morgan fingerprint density at radius 3 is 2.80 bits per heavy atom. The average molecular weight is 228 g/mol. The van der Waals surface area contributed by atoms with Crippen molar-refractivity contribution in [1.29, 1.82) is 5.26 Å². The third-order valence-electron chi connectivity index (χ3n) is 1.86. The number of pyridine rings is 1. The van der Waals surface area contributed by atoms with Crippen LogP contribution in [0.1, 0.15) is 18.2 Å². The fourth-order valence-corrected chi connectivity index (χ4v) is 1.27. The molecule has 2 unspecified atom stereocenters. The Bertz CT molecular complexity index is 391. The molecule has 15 heavy (non-hydrogen) atoms. The highest BCUT2D eigenvalue weighted by Gasteiger charge is 2.21. The molecule has 0 saturated carbocycles. The van der Waals surface area contributed by atoms with E-state index in [0.29, 0.717) is 5.02 Å². The van der Waals surface area contributed by atoms with Crippen LogP contribution < -0.4 is 5.73 Å². The Kier molecular flexibility index (Phi) is 3.86. The lowest BCUT2D eigenvalue weighted by atomic mass is 10.1. The van der Waals surface area contributed by atoms with Crippen molar-refractivity contribution >= 4 is 17.3 Å². The second kappa shape index (κ2) is 4.94. The summed E-state index contributed by atoms with van der Waals surface area (Å²) in [6.45, 7) is 0. The van der Waals surface area contributed by atoms with Gasteiger partial charge in [0.1, 0.15) is 6.10 Å². The summed E-state index contributed by atoms with van der Waals surface area (Å²) < 4.78 is 0. The van der Waals surface area contributed by atoms with Gasteiger partial charge in [0.05, 0.1) is 35.0 Å². The van der Waals surface area contributed by atoms with Crippen LogP contribution in [-0.4, -0.2) is 21.3 Å². The number of nitrogens with zero attached hydrogens (tertiary/aromatic N) is 2. The quantitative estimate of drug-likeness (QED) is 0.703. The molecule has 0 amide bonds. The number of nitrogens with two attached hydrogens (primary N) is 1. The number of anilines is 1. The second-order valence-corrected chi connectivity index (χ2v) is 3.44. The van der Waals surface area contributed by atoms with Crippen LogP contribution in [0.3, 0.4) is 0 Å². The number of aliphatic hydroxyl groups is 2. The lowest BCUT2D eigenvalue weighted by Crippen LogP contribution is -2.19. The Morgan fingerprint density at radius 1 is 1.60 bits per heavy atom. The number of hydrogen-bond donors (Lipinski definition) is 3. The second-order valence-electron chi connectivity index (χ2n) is 3.00. The molecule has 0 aliphatic carbocycles. The van der Waals surface area contributed by atoms with E-state index in [9.17, 15) is 10.2 Å². The van der Waals surface area contributed by atoms with Crippen molar-refractivity contribution in [2.75, 3.05) is 5.73 Å². The normalized spacial score (nSPS) is 14.3. The maximum Gasteiger partial charge on any atom is 0.125 e. The summed E-state index contributed by atoms with van der Waals surface area (Å²) in [7, 11) is 0. The predicted molar refractivity (Wildman–Crippen MR) is 54.9 cm³/mol. The van der Waals surface area contributed by atoms with E-state index >= 15 is 0 Å². The third kappa shape index (κ3) is 2.80. The molecular weight excluding hydrogens is 218 g/mol. The molecule has 2 atom stereocenters. The number of halogens is 1. The van der Waals surface area contributed by atoms with E-state index in [0.717, 1.165) is 0 Å². The minimum atomic E-state index is -1.28. The first kappa shape index (κ1) is 11.7. The summed E-state index contributed by atoms with van der Waals surface area (Å²) in [4.78, 5) is 3.80. The van der Waals surface area contributed by atoms with Gasteiger partial charge in [0.25, 0.3) is 0 Å². The van der Waals surface area contributed by atoms with Crippen molar-refractivity contribution in [3.63, 3.8) is 0 Å². The van der Waals surface area contributed by atoms with Gasteiger partial charge in [-0.3, -0.25) is 4.98 Å². The molecule has 1 rings (SSSR count). The highest BCUT2D eigenvalue weighted by atomic mass is 35.5. The van der Waals surface area contributed by atoms with Crippen molar-refractivity contribution in [2.24, 2.45) is 0 Å². The number of aromatic nitrogens is 1. The van der Waals surface area contributed by atoms with Gasteiger partial charge in [0.15, 0.2) is 0 Å². The predicted octanol–water partition coefficient (Wildman–Crippen LogP) is 0.625. The molecule has 1 aromatic rings. The molecule has 0 aromatic carbocycles. The fraction of sp³-hybridized carbons (Fsp3) is 0.333. The lowest BCUT2D eigenvalue weighted by molar-refractivity contribution is 0.0195. The van der Waals surface area contributed by atoms with Gasteiger partial charge >= 0.3 is 0 Å². The molecule has 5 nitrogen and oxygen atoms in total. The monoisotopic (exact) mass is 227 g/mol. The topological polar surface area (TPSA) is 103 Å². The highest BCUT2D eigenvalue weighted by molar-refractivity contribution is 6.30. The van der Waals surface area contributed by atoms with Crippen molar-refractivity contribution in [2.45, 2.75) is 18.6 Å². The summed E-state index contributed by atoms with van der Waals surface area (Å²) in [5.41, 5.74) is 5.87. The van der Waals surface area contributed by atoms with Gasteiger partial charge in [-0.15, -0.1) is 0 Å². The maximum absolute atomic E-state index is 9.61. The molecule has 0 aliphatic heterocycles. The Morgan fingerprint density at radius 2 is 2.27 bits per heavy atom. The summed E-state index contributed by atoms with van der Waals surface area (Å²) in [6.07, 6.45) is -1.35. The Hall–Kier alpha value is -1.35. The van der Waals surface area contributed by atoms with E-state index in [1.165, 1.54) is 12.3 Å². The van der Waals surface area contributed by atoms with Gasteiger partial charge < -0.3 is 15.9 Å². The summed E-state index contributed by atoms with van der Waals surface area (Å²) in [5, 5.41) is 27.7. The van der Waals surface area contributed by atoms with Crippen LogP contribution in [-0.2, 0) is 0 Å². The maximum atomic E-state index is 9.61. The van der Waals surface area contributed by atoms with Crippen LogP contribution in [0.4, 0.5) is 5.69 Å². The first-order valence-electron chi connectivity index (χ1n) is 4.20. The van der Waals surface area contributed by atoms with Gasteiger partial charge in [-0.2, -0.15) is 5.26 Å². The van der Waals surface area contributed by atoms with Gasteiger partial charge in [-0.1, -0.05) is 11.6 Å². The SMILES string of the molecule is N#CCC(O)C(O)c1ncc(Cl)cc1N. The van der Waals surface area contributed by atoms with Crippen molar-refractivity contribution in [3.8, 4) is 6.07 Å². The molecule has 0 spiro atoms. The third-order valence-corrected chi connectivity index (χ3v) is 2.07. The Labute approximate surface area is 91.7 Å². The van der Waals surface area contributed by atoms with Crippen molar-refractivity contribution < 1.29 is 10.2 Å². The standard InChI is InChI=1S/C9H10ClN3O2/c10-5-3-6(12)8(13-4-5)9(15)7(14)1-2-11/h3-4,7,9,14-15H,1,12H2. The van der Waals surface area contributed by atoms with E-state index in [1.807, 2.05) is 0 Å². The van der Waals surface area contributed by atoms with Crippen LogP contribution in [0.15, 0.2) is 12.3 Å². The van der Waals surface area contributed by atoms with E-state index in [1.54, 1.807) is 6.07 Å². The summed E-state index contributed by atoms with van der Waals surface area (Å²) >= 11 is 5.62. The van der Waals surface area contributed by atoms with Crippen LogP contribution in [0.5, 0.6) is 0 Å².